The second-order valence-electron chi connectivity index (χ2n) is 4.91. The van der Waals surface area contributed by atoms with E-state index in [-0.39, 0.29) is 6.03 Å². The number of hydrogen-bond acceptors (Lipinski definition) is 5. The number of anilines is 2. The van der Waals surface area contributed by atoms with Crippen molar-refractivity contribution in [1.82, 2.24) is 9.88 Å². The van der Waals surface area contributed by atoms with Gasteiger partial charge in [0, 0.05) is 43.4 Å². The smallest absolute Gasteiger partial charge is 0.321 e. The molecule has 6 nitrogen and oxygen atoms in total. The number of amides is 2. The second kappa shape index (κ2) is 6.45. The van der Waals surface area contributed by atoms with E-state index in [0.29, 0.717) is 24.3 Å². The van der Waals surface area contributed by atoms with Crippen molar-refractivity contribution in [3.8, 4) is 6.07 Å². The van der Waals surface area contributed by atoms with Crippen LogP contribution in [0, 0.1) is 11.3 Å². The minimum absolute atomic E-state index is 0.108. The van der Waals surface area contributed by atoms with Crippen LogP contribution in [0.4, 0.5) is 15.6 Å². The van der Waals surface area contributed by atoms with Gasteiger partial charge in [0.1, 0.15) is 0 Å². The normalized spacial score (nSPS) is 14.5. The molecule has 1 saturated heterocycles. The summed E-state index contributed by atoms with van der Waals surface area (Å²) in [6.45, 7) is 2.91. The maximum atomic E-state index is 12.2. The summed E-state index contributed by atoms with van der Waals surface area (Å²) in [5.41, 5.74) is 1.28. The van der Waals surface area contributed by atoms with Crippen LogP contribution in [0.15, 0.2) is 35.8 Å². The van der Waals surface area contributed by atoms with Crippen LogP contribution >= 0.6 is 11.3 Å². The Morgan fingerprint density at radius 1 is 1.23 bits per heavy atom. The minimum atomic E-state index is -0.108. The summed E-state index contributed by atoms with van der Waals surface area (Å²) in [4.78, 5) is 20.5. The molecule has 7 heteroatoms. The van der Waals surface area contributed by atoms with Gasteiger partial charge >= 0.3 is 6.03 Å². The average Bonchev–Trinajstić information content (AvgIpc) is 3.10. The number of carbonyl (C=O) groups is 1. The van der Waals surface area contributed by atoms with Crippen LogP contribution in [-0.4, -0.2) is 42.1 Å². The first kappa shape index (κ1) is 14.4. The first-order valence-corrected chi connectivity index (χ1v) is 7.85. The topological polar surface area (TPSA) is 72.3 Å². The monoisotopic (exact) mass is 313 g/mol. The third-order valence-electron chi connectivity index (χ3n) is 3.52. The van der Waals surface area contributed by atoms with Gasteiger partial charge in [-0.1, -0.05) is 0 Å². The Bertz CT molecular complexity index is 669. The van der Waals surface area contributed by atoms with Crippen molar-refractivity contribution in [2.75, 3.05) is 36.4 Å². The van der Waals surface area contributed by atoms with E-state index in [1.165, 1.54) is 0 Å². The van der Waals surface area contributed by atoms with E-state index in [4.69, 9.17) is 5.26 Å². The predicted octanol–water partition coefficient (Wildman–Crippen LogP) is 2.37. The third kappa shape index (κ3) is 3.18. The number of benzene rings is 1. The molecule has 0 spiro atoms. The SMILES string of the molecule is N#Cc1ccc(NC(=O)N2CCN(c3nccs3)CC2)cc1. The van der Waals surface area contributed by atoms with Gasteiger partial charge in [0.2, 0.25) is 0 Å². The molecule has 3 rings (SSSR count). The molecule has 2 heterocycles. The maximum absolute atomic E-state index is 12.2. The van der Waals surface area contributed by atoms with Crippen molar-refractivity contribution in [2.24, 2.45) is 0 Å². The van der Waals surface area contributed by atoms with Crippen molar-refractivity contribution in [2.45, 2.75) is 0 Å². The standard InChI is InChI=1S/C15H15N5OS/c16-11-12-1-3-13(4-2-12)18-14(21)19-6-8-20(9-7-19)15-17-5-10-22-15/h1-5,10H,6-9H2,(H,18,21). The van der Waals surface area contributed by atoms with Crippen LogP contribution < -0.4 is 10.2 Å². The van der Waals surface area contributed by atoms with E-state index in [2.05, 4.69) is 21.3 Å². The largest absolute Gasteiger partial charge is 0.345 e. The number of rotatable bonds is 2. The zero-order valence-corrected chi connectivity index (χ0v) is 12.7. The van der Waals surface area contributed by atoms with Crippen LogP contribution in [0.25, 0.3) is 0 Å². The number of hydrogen-bond donors (Lipinski definition) is 1. The van der Waals surface area contributed by atoms with Crippen LogP contribution in [0.3, 0.4) is 0 Å². The van der Waals surface area contributed by atoms with Crippen LogP contribution in [-0.2, 0) is 0 Å². The Morgan fingerprint density at radius 2 is 1.95 bits per heavy atom. The van der Waals surface area contributed by atoms with E-state index >= 15 is 0 Å². The molecule has 2 amide bonds. The number of thiazole rings is 1. The van der Waals surface area contributed by atoms with Crippen molar-refractivity contribution in [3.05, 3.63) is 41.4 Å². The zero-order chi connectivity index (χ0) is 15.4. The number of piperazine rings is 1. The molecule has 0 radical (unpaired) electrons. The van der Waals surface area contributed by atoms with Crippen molar-refractivity contribution in [1.29, 1.82) is 5.26 Å². The molecular formula is C15H15N5OS. The molecule has 112 valence electrons. The van der Waals surface area contributed by atoms with Gasteiger partial charge in [0.15, 0.2) is 5.13 Å². The van der Waals surface area contributed by atoms with E-state index in [1.54, 1.807) is 46.7 Å². The molecule has 22 heavy (non-hydrogen) atoms. The predicted molar refractivity (Wildman–Crippen MR) is 86.1 cm³/mol. The van der Waals surface area contributed by atoms with Gasteiger partial charge in [0.05, 0.1) is 11.6 Å². The minimum Gasteiger partial charge on any atom is -0.345 e. The molecule has 1 aromatic heterocycles. The second-order valence-corrected chi connectivity index (χ2v) is 5.78. The molecule has 0 saturated carbocycles. The highest BCUT2D eigenvalue weighted by atomic mass is 32.1. The van der Waals surface area contributed by atoms with Gasteiger partial charge in [-0.15, -0.1) is 11.3 Å². The van der Waals surface area contributed by atoms with Crippen molar-refractivity contribution >= 4 is 28.2 Å². The van der Waals surface area contributed by atoms with Gasteiger partial charge in [-0.25, -0.2) is 9.78 Å². The molecule has 0 aliphatic carbocycles. The summed E-state index contributed by atoms with van der Waals surface area (Å²) in [7, 11) is 0. The van der Waals surface area contributed by atoms with E-state index in [0.717, 1.165) is 18.2 Å². The molecule has 0 atom stereocenters. The fourth-order valence-corrected chi connectivity index (χ4v) is 3.00. The van der Waals surface area contributed by atoms with Crippen LogP contribution in [0.1, 0.15) is 5.56 Å². The van der Waals surface area contributed by atoms with E-state index in [1.807, 2.05) is 5.38 Å². The van der Waals surface area contributed by atoms with Crippen molar-refractivity contribution in [3.63, 3.8) is 0 Å². The summed E-state index contributed by atoms with van der Waals surface area (Å²) in [6, 6.07) is 8.81. The van der Waals surface area contributed by atoms with Crippen molar-refractivity contribution < 1.29 is 4.79 Å². The molecule has 1 aliphatic heterocycles. The number of nitriles is 1. The lowest BCUT2D eigenvalue weighted by atomic mass is 10.2. The fourth-order valence-electron chi connectivity index (χ4n) is 2.30. The highest BCUT2D eigenvalue weighted by molar-refractivity contribution is 7.13. The Kier molecular flexibility index (Phi) is 4.21. The Balaban J connectivity index is 1.54. The number of urea groups is 1. The molecule has 0 bridgehead atoms. The molecule has 1 aliphatic rings. The maximum Gasteiger partial charge on any atom is 0.321 e. The molecule has 0 unspecified atom stereocenters. The Labute approximate surface area is 132 Å². The quantitative estimate of drug-likeness (QED) is 0.924. The highest BCUT2D eigenvalue weighted by Gasteiger charge is 2.22. The number of aromatic nitrogens is 1. The summed E-state index contributed by atoms with van der Waals surface area (Å²) < 4.78 is 0. The lowest BCUT2D eigenvalue weighted by molar-refractivity contribution is 0.208. The van der Waals surface area contributed by atoms with Gasteiger partial charge in [-0.2, -0.15) is 5.26 Å². The number of nitrogens with zero attached hydrogens (tertiary/aromatic N) is 4. The molecule has 1 aromatic carbocycles. The summed E-state index contributed by atoms with van der Waals surface area (Å²) >= 11 is 1.61. The third-order valence-corrected chi connectivity index (χ3v) is 4.35. The molecule has 1 N–H and O–H groups in total. The summed E-state index contributed by atoms with van der Waals surface area (Å²) in [5, 5.41) is 14.6. The van der Waals surface area contributed by atoms with Gasteiger partial charge in [-0.3, -0.25) is 0 Å². The lowest BCUT2D eigenvalue weighted by Gasteiger charge is -2.34. The van der Waals surface area contributed by atoms with Gasteiger partial charge in [0.25, 0.3) is 0 Å². The highest BCUT2D eigenvalue weighted by Crippen LogP contribution is 2.19. The number of nitrogens with one attached hydrogen (secondary N) is 1. The van der Waals surface area contributed by atoms with Crippen LogP contribution in [0.5, 0.6) is 0 Å². The fraction of sp³-hybridized carbons (Fsp3) is 0.267. The van der Waals surface area contributed by atoms with Gasteiger partial charge in [-0.05, 0) is 24.3 Å². The summed E-state index contributed by atoms with van der Waals surface area (Å²) in [5.74, 6) is 0. The molecule has 1 fully saturated rings. The first-order valence-electron chi connectivity index (χ1n) is 6.97. The molecular weight excluding hydrogens is 298 g/mol. The zero-order valence-electron chi connectivity index (χ0n) is 11.9. The average molecular weight is 313 g/mol. The Morgan fingerprint density at radius 3 is 2.55 bits per heavy atom. The summed E-state index contributed by atoms with van der Waals surface area (Å²) in [6.07, 6.45) is 1.80. The van der Waals surface area contributed by atoms with Gasteiger partial charge < -0.3 is 15.1 Å². The lowest BCUT2D eigenvalue weighted by Crippen LogP contribution is -2.50. The Hall–Kier alpha value is -2.59. The first-order chi connectivity index (χ1) is 10.8. The van der Waals surface area contributed by atoms with Crippen LogP contribution in [0.2, 0.25) is 0 Å². The van der Waals surface area contributed by atoms with E-state index < -0.39 is 0 Å². The van der Waals surface area contributed by atoms with E-state index in [9.17, 15) is 4.79 Å². The number of carbonyl (C=O) groups excluding carboxylic acids is 1. The molecule has 2 aromatic rings.